The van der Waals surface area contributed by atoms with Crippen molar-refractivity contribution in [2.75, 3.05) is 18.7 Å². The molecule has 1 unspecified atom stereocenters. The van der Waals surface area contributed by atoms with Crippen LogP contribution in [0.2, 0.25) is 0 Å². The summed E-state index contributed by atoms with van der Waals surface area (Å²) in [7, 11) is -8.21. The van der Waals surface area contributed by atoms with Crippen molar-refractivity contribution in [2.24, 2.45) is 0 Å². The minimum Gasteiger partial charge on any atom is -0.392 e. The fraction of sp³-hybridized carbons (Fsp3) is 0.714. The van der Waals surface area contributed by atoms with Crippen molar-refractivity contribution in [1.29, 1.82) is 0 Å². The molecule has 0 aromatic rings. The van der Waals surface area contributed by atoms with Crippen molar-refractivity contribution in [3.8, 4) is 0 Å². The largest absolute Gasteiger partial charge is 0.392 e. The highest BCUT2D eigenvalue weighted by Crippen LogP contribution is 2.54. The molecule has 0 saturated heterocycles. The molecule has 15 heavy (non-hydrogen) atoms. The molecule has 0 amide bonds. The van der Waals surface area contributed by atoms with Gasteiger partial charge in [-0.15, -0.1) is 0 Å². The third-order valence-electron chi connectivity index (χ3n) is 1.63. The Balaban J connectivity index is 4.18. The van der Waals surface area contributed by atoms with Crippen LogP contribution in [-0.4, -0.2) is 38.5 Å². The molecule has 6 nitrogen and oxygen atoms in total. The van der Waals surface area contributed by atoms with Gasteiger partial charge in [-0.25, -0.2) is 0 Å². The number of allylic oxidation sites excluding steroid dienone is 1. The molecule has 0 aliphatic carbocycles. The van der Waals surface area contributed by atoms with Gasteiger partial charge in [0.05, 0.1) is 6.61 Å². The molecule has 0 spiro atoms. The average molecular weight is 258 g/mol. The Morgan fingerprint density at radius 1 is 1.27 bits per heavy atom. The van der Waals surface area contributed by atoms with E-state index >= 15 is 0 Å². The first-order chi connectivity index (χ1) is 6.66. The minimum atomic E-state index is -4.44. The fourth-order valence-corrected chi connectivity index (χ4v) is 4.34. The summed E-state index contributed by atoms with van der Waals surface area (Å²) in [6.07, 6.45) is 1.61. The topological polar surface area (TPSA) is 115 Å². The van der Waals surface area contributed by atoms with Crippen molar-refractivity contribution < 1.29 is 28.9 Å². The first-order valence-corrected chi connectivity index (χ1v) is 8.11. The minimum absolute atomic E-state index is 0.131. The first-order valence-electron chi connectivity index (χ1n) is 4.28. The molecule has 0 saturated carbocycles. The summed E-state index contributed by atoms with van der Waals surface area (Å²) in [6.45, 7) is 1.53. The lowest BCUT2D eigenvalue weighted by molar-refractivity contribution is 0.331. The molecule has 0 heterocycles. The van der Waals surface area contributed by atoms with Crippen molar-refractivity contribution in [1.82, 2.24) is 0 Å². The van der Waals surface area contributed by atoms with Gasteiger partial charge in [-0.05, 0) is 13.3 Å². The van der Waals surface area contributed by atoms with Crippen LogP contribution >= 0.6 is 15.0 Å². The lowest BCUT2D eigenvalue weighted by Gasteiger charge is -2.11. The van der Waals surface area contributed by atoms with E-state index in [1.807, 2.05) is 0 Å². The van der Waals surface area contributed by atoms with Gasteiger partial charge >= 0.3 is 7.60 Å². The molecule has 0 aliphatic rings. The second-order valence-corrected chi connectivity index (χ2v) is 7.97. The van der Waals surface area contributed by atoms with Gasteiger partial charge in [-0.3, -0.25) is 9.13 Å². The fourth-order valence-electron chi connectivity index (χ4n) is 0.936. The van der Waals surface area contributed by atoms with Gasteiger partial charge in [0.2, 0.25) is 7.37 Å². The normalized spacial score (nSPS) is 17.5. The Kier molecular flexibility index (Phi) is 5.96. The molecular weight excluding hydrogens is 242 g/mol. The second-order valence-electron chi connectivity index (χ2n) is 3.37. The number of aliphatic hydroxyl groups excluding tert-OH is 1. The number of hydrogen-bond donors (Lipinski definition) is 4. The predicted molar refractivity (Wildman–Crippen MR) is 57.1 cm³/mol. The zero-order valence-corrected chi connectivity index (χ0v) is 10.2. The van der Waals surface area contributed by atoms with Crippen LogP contribution in [0.5, 0.6) is 0 Å². The van der Waals surface area contributed by atoms with Crippen LogP contribution < -0.4 is 0 Å². The SMILES string of the molecule is C/C(=C\CCP(=O)(O)CP(=O)(O)O)CO. The van der Waals surface area contributed by atoms with Crippen LogP contribution in [0, 0.1) is 0 Å². The van der Waals surface area contributed by atoms with E-state index in [2.05, 4.69) is 0 Å². The van der Waals surface area contributed by atoms with Crippen LogP contribution in [0.3, 0.4) is 0 Å². The zero-order valence-electron chi connectivity index (χ0n) is 8.41. The Morgan fingerprint density at radius 3 is 2.20 bits per heavy atom. The lowest BCUT2D eigenvalue weighted by Crippen LogP contribution is -1.95. The van der Waals surface area contributed by atoms with E-state index in [1.54, 1.807) is 13.0 Å². The molecule has 0 radical (unpaired) electrons. The van der Waals surface area contributed by atoms with Gasteiger partial charge < -0.3 is 19.8 Å². The third-order valence-corrected chi connectivity index (χ3v) is 5.82. The smallest absolute Gasteiger partial charge is 0.335 e. The average Bonchev–Trinajstić information content (AvgIpc) is 1.98. The van der Waals surface area contributed by atoms with Crippen molar-refractivity contribution in [2.45, 2.75) is 13.3 Å². The number of hydrogen-bond acceptors (Lipinski definition) is 3. The van der Waals surface area contributed by atoms with Gasteiger partial charge in [-0.1, -0.05) is 11.6 Å². The van der Waals surface area contributed by atoms with Gasteiger partial charge in [-0.2, -0.15) is 0 Å². The van der Waals surface area contributed by atoms with E-state index < -0.39 is 20.9 Å². The molecule has 90 valence electrons. The lowest BCUT2D eigenvalue weighted by atomic mass is 10.3. The standard InChI is InChI=1S/C7H16O6P2/c1-7(5-8)3-2-4-14(9,10)6-15(11,12)13/h3,8H,2,4-6H2,1H3,(H,9,10)(H2,11,12,13)/b7-3+. The van der Waals surface area contributed by atoms with Gasteiger partial charge in [0.15, 0.2) is 0 Å². The molecule has 0 fully saturated rings. The van der Waals surface area contributed by atoms with Gasteiger partial charge in [0.1, 0.15) is 5.90 Å². The van der Waals surface area contributed by atoms with Gasteiger partial charge in [0.25, 0.3) is 0 Å². The summed E-state index contributed by atoms with van der Waals surface area (Å²) < 4.78 is 21.8. The quantitative estimate of drug-likeness (QED) is 0.412. The van der Waals surface area contributed by atoms with E-state index in [9.17, 15) is 14.0 Å². The highest BCUT2D eigenvalue weighted by atomic mass is 31.2. The summed E-state index contributed by atoms with van der Waals surface area (Å²) >= 11 is 0. The maximum atomic E-state index is 11.3. The van der Waals surface area contributed by atoms with Crippen molar-refractivity contribution in [3.05, 3.63) is 11.6 Å². The molecule has 0 aliphatic heterocycles. The molecular formula is C7H16O6P2. The van der Waals surface area contributed by atoms with E-state index in [4.69, 9.17) is 14.9 Å². The summed E-state index contributed by atoms with van der Waals surface area (Å²) in [5, 5.41) is 8.63. The predicted octanol–water partition coefficient (Wildman–Crippen LogP) is 0.721. The summed E-state index contributed by atoms with van der Waals surface area (Å²) in [6, 6.07) is 0. The molecule has 4 N–H and O–H groups in total. The van der Waals surface area contributed by atoms with Crippen molar-refractivity contribution >= 4 is 15.0 Å². The van der Waals surface area contributed by atoms with Crippen LogP contribution in [0.4, 0.5) is 0 Å². The Bertz CT molecular complexity index is 317. The van der Waals surface area contributed by atoms with E-state index in [-0.39, 0.29) is 19.2 Å². The highest BCUT2D eigenvalue weighted by molar-refractivity contribution is 7.72. The van der Waals surface area contributed by atoms with Crippen LogP contribution in [0.1, 0.15) is 13.3 Å². The Hall–Kier alpha value is 0.0400. The first kappa shape index (κ1) is 15.0. The Morgan fingerprint density at radius 2 is 1.80 bits per heavy atom. The third kappa shape index (κ3) is 9.00. The van der Waals surface area contributed by atoms with Crippen LogP contribution in [0.15, 0.2) is 11.6 Å². The molecule has 0 rings (SSSR count). The van der Waals surface area contributed by atoms with Crippen LogP contribution in [0.25, 0.3) is 0 Å². The summed E-state index contributed by atoms with van der Waals surface area (Å²) in [4.78, 5) is 26.3. The summed E-state index contributed by atoms with van der Waals surface area (Å²) in [5.74, 6) is -0.980. The highest BCUT2D eigenvalue weighted by Gasteiger charge is 2.28. The Labute approximate surface area is 88.3 Å². The second kappa shape index (κ2) is 5.94. The number of aliphatic hydroxyl groups is 1. The molecule has 0 aromatic heterocycles. The molecule has 8 heteroatoms. The summed E-state index contributed by atoms with van der Waals surface area (Å²) in [5.41, 5.74) is 0.658. The monoisotopic (exact) mass is 258 g/mol. The van der Waals surface area contributed by atoms with Crippen molar-refractivity contribution in [3.63, 3.8) is 0 Å². The maximum Gasteiger partial charge on any atom is 0.335 e. The molecule has 0 aromatic carbocycles. The van der Waals surface area contributed by atoms with E-state index in [0.29, 0.717) is 5.57 Å². The maximum absolute atomic E-state index is 11.3. The molecule has 0 bridgehead atoms. The van der Waals surface area contributed by atoms with Gasteiger partial charge in [0, 0.05) is 6.16 Å². The number of rotatable bonds is 6. The zero-order chi connectivity index (χ0) is 12.1. The van der Waals surface area contributed by atoms with E-state index in [0.717, 1.165) is 0 Å². The van der Waals surface area contributed by atoms with Crippen LogP contribution in [-0.2, 0) is 9.13 Å². The molecule has 1 atom stereocenters. The van der Waals surface area contributed by atoms with E-state index in [1.165, 1.54) is 0 Å².